The molecule has 2 aromatic carbocycles. The van der Waals surface area contributed by atoms with E-state index in [-0.39, 0.29) is 29.4 Å². The molecule has 5 rings (SSSR count). The Morgan fingerprint density at radius 1 is 1.06 bits per heavy atom. The first-order chi connectivity index (χ1) is 16.5. The molecule has 1 aliphatic rings. The minimum atomic E-state index is -0.127. The number of carbonyl (C=O) groups excluding carboxylic acids is 1. The van der Waals surface area contributed by atoms with Crippen LogP contribution >= 0.6 is 23.1 Å². The Balaban J connectivity index is 1.52. The average Bonchev–Trinajstić information content (AvgIpc) is 3.28. The minimum Gasteiger partial charge on any atom is -0.372 e. The van der Waals surface area contributed by atoms with Crippen LogP contribution in [0.15, 0.2) is 76.7 Å². The Labute approximate surface area is 206 Å². The standard InChI is InChI=1S/C26H25N3O3S2/c1-17-14-28(15-18(2)32-17)23(30)16-33-26-27-24-21(13-22(34-24)19-9-5-3-6-10-19)25(31)29(26)20-11-7-4-8-12-20/h3-13,17-18H,14-16H2,1-2H3/t17-,18-/m1/s1. The van der Waals surface area contributed by atoms with Crippen LogP contribution in [0.5, 0.6) is 0 Å². The molecule has 3 heterocycles. The number of rotatable bonds is 5. The Bertz CT molecular complexity index is 1360. The second-order valence-electron chi connectivity index (χ2n) is 8.41. The summed E-state index contributed by atoms with van der Waals surface area (Å²) in [5, 5.41) is 1.10. The smallest absolute Gasteiger partial charge is 0.267 e. The van der Waals surface area contributed by atoms with Crippen LogP contribution in [0.4, 0.5) is 0 Å². The lowest BCUT2D eigenvalue weighted by atomic mass is 10.2. The van der Waals surface area contributed by atoms with Gasteiger partial charge in [-0.05, 0) is 37.6 Å². The van der Waals surface area contributed by atoms with E-state index in [1.165, 1.54) is 23.1 Å². The number of carbonyl (C=O) groups is 1. The van der Waals surface area contributed by atoms with Crippen molar-refractivity contribution < 1.29 is 9.53 Å². The summed E-state index contributed by atoms with van der Waals surface area (Å²) < 4.78 is 7.37. The zero-order chi connectivity index (χ0) is 23.7. The van der Waals surface area contributed by atoms with E-state index in [4.69, 9.17) is 9.72 Å². The number of hydrogen-bond acceptors (Lipinski definition) is 6. The molecule has 4 aromatic rings. The first kappa shape index (κ1) is 22.8. The van der Waals surface area contributed by atoms with E-state index < -0.39 is 0 Å². The van der Waals surface area contributed by atoms with Crippen LogP contribution in [-0.2, 0) is 9.53 Å². The average molecular weight is 492 g/mol. The molecular weight excluding hydrogens is 466 g/mol. The lowest BCUT2D eigenvalue weighted by Crippen LogP contribution is -2.48. The fourth-order valence-corrected chi connectivity index (χ4v) is 6.20. The van der Waals surface area contributed by atoms with Gasteiger partial charge in [-0.1, -0.05) is 60.3 Å². The second-order valence-corrected chi connectivity index (χ2v) is 10.4. The van der Waals surface area contributed by atoms with Crippen molar-refractivity contribution in [2.45, 2.75) is 31.2 Å². The van der Waals surface area contributed by atoms with E-state index in [2.05, 4.69) is 0 Å². The van der Waals surface area contributed by atoms with Gasteiger partial charge in [0.05, 0.1) is 29.0 Å². The van der Waals surface area contributed by atoms with Crippen molar-refractivity contribution in [1.82, 2.24) is 14.5 Å². The SMILES string of the molecule is C[C@@H]1CN(C(=O)CSc2nc3sc(-c4ccccc4)cc3c(=O)n2-c2ccccc2)C[C@@H](C)O1. The van der Waals surface area contributed by atoms with Crippen molar-refractivity contribution in [1.29, 1.82) is 0 Å². The van der Waals surface area contributed by atoms with Crippen LogP contribution in [0.2, 0.25) is 0 Å². The summed E-state index contributed by atoms with van der Waals surface area (Å²) in [6.07, 6.45) is 0.0226. The maximum absolute atomic E-state index is 13.6. The molecule has 0 radical (unpaired) electrons. The number of hydrogen-bond donors (Lipinski definition) is 0. The highest BCUT2D eigenvalue weighted by molar-refractivity contribution is 7.99. The predicted octanol–water partition coefficient (Wildman–Crippen LogP) is 4.84. The van der Waals surface area contributed by atoms with Crippen molar-refractivity contribution in [2.24, 2.45) is 0 Å². The number of morpholine rings is 1. The molecule has 0 saturated carbocycles. The lowest BCUT2D eigenvalue weighted by Gasteiger charge is -2.35. The molecule has 0 bridgehead atoms. The topological polar surface area (TPSA) is 64.4 Å². The summed E-state index contributed by atoms with van der Waals surface area (Å²) in [4.78, 5) is 35.0. The van der Waals surface area contributed by atoms with Gasteiger partial charge in [-0.3, -0.25) is 14.2 Å². The Hall–Kier alpha value is -2.94. The molecule has 174 valence electrons. The molecule has 0 unspecified atom stereocenters. The number of aromatic nitrogens is 2. The number of thioether (sulfide) groups is 1. The predicted molar refractivity (Wildman–Crippen MR) is 138 cm³/mol. The maximum atomic E-state index is 13.6. The maximum Gasteiger partial charge on any atom is 0.267 e. The summed E-state index contributed by atoms with van der Waals surface area (Å²) in [6, 6.07) is 21.4. The van der Waals surface area contributed by atoms with Gasteiger partial charge in [0.25, 0.3) is 5.56 Å². The zero-order valence-corrected chi connectivity index (χ0v) is 20.6. The number of thiophene rings is 1. The molecule has 8 heteroatoms. The third-order valence-electron chi connectivity index (χ3n) is 5.70. The number of nitrogens with zero attached hydrogens (tertiary/aromatic N) is 3. The van der Waals surface area contributed by atoms with Gasteiger partial charge in [0, 0.05) is 18.0 Å². The quantitative estimate of drug-likeness (QED) is 0.295. The zero-order valence-electron chi connectivity index (χ0n) is 19.0. The van der Waals surface area contributed by atoms with Crippen LogP contribution in [-0.4, -0.2) is 51.4 Å². The molecule has 1 fully saturated rings. The second kappa shape index (κ2) is 9.74. The van der Waals surface area contributed by atoms with Gasteiger partial charge in [0.1, 0.15) is 4.83 Å². The van der Waals surface area contributed by atoms with Gasteiger partial charge in [0.15, 0.2) is 5.16 Å². The van der Waals surface area contributed by atoms with E-state index in [1.807, 2.05) is 85.5 Å². The van der Waals surface area contributed by atoms with Gasteiger partial charge >= 0.3 is 0 Å². The lowest BCUT2D eigenvalue weighted by molar-refractivity contribution is -0.140. The Morgan fingerprint density at radius 2 is 1.71 bits per heavy atom. The van der Waals surface area contributed by atoms with Crippen molar-refractivity contribution in [3.8, 4) is 16.1 Å². The highest BCUT2D eigenvalue weighted by Crippen LogP contribution is 2.33. The molecule has 0 spiro atoms. The van der Waals surface area contributed by atoms with Crippen molar-refractivity contribution in [2.75, 3.05) is 18.8 Å². The van der Waals surface area contributed by atoms with Gasteiger partial charge < -0.3 is 9.64 Å². The van der Waals surface area contributed by atoms with Crippen LogP contribution in [0.1, 0.15) is 13.8 Å². The highest BCUT2D eigenvalue weighted by Gasteiger charge is 2.26. The van der Waals surface area contributed by atoms with Crippen LogP contribution < -0.4 is 5.56 Å². The van der Waals surface area contributed by atoms with Crippen LogP contribution in [0, 0.1) is 0 Å². The molecular formula is C26H25N3O3S2. The molecule has 2 atom stereocenters. The first-order valence-corrected chi connectivity index (χ1v) is 13.0. The van der Waals surface area contributed by atoms with Gasteiger partial charge in [-0.25, -0.2) is 4.98 Å². The fourth-order valence-electron chi connectivity index (χ4n) is 4.21. The normalized spacial score (nSPS) is 18.4. The fraction of sp³-hybridized carbons (Fsp3) is 0.269. The van der Waals surface area contributed by atoms with Crippen molar-refractivity contribution in [3.63, 3.8) is 0 Å². The number of para-hydroxylation sites is 1. The summed E-state index contributed by atoms with van der Waals surface area (Å²) >= 11 is 2.80. The first-order valence-electron chi connectivity index (χ1n) is 11.2. The summed E-state index contributed by atoms with van der Waals surface area (Å²) in [6.45, 7) is 5.11. The number of fused-ring (bicyclic) bond motifs is 1. The van der Waals surface area contributed by atoms with Gasteiger partial charge in [0.2, 0.25) is 5.91 Å². The van der Waals surface area contributed by atoms with Gasteiger partial charge in [-0.15, -0.1) is 11.3 Å². The van der Waals surface area contributed by atoms with E-state index in [0.717, 1.165) is 16.1 Å². The van der Waals surface area contributed by atoms with E-state index in [1.54, 1.807) is 4.57 Å². The van der Waals surface area contributed by atoms with E-state index in [9.17, 15) is 9.59 Å². The van der Waals surface area contributed by atoms with Crippen molar-refractivity contribution >= 4 is 39.2 Å². The molecule has 1 aliphatic heterocycles. The van der Waals surface area contributed by atoms with Crippen LogP contribution in [0.3, 0.4) is 0 Å². The van der Waals surface area contributed by atoms with E-state index >= 15 is 0 Å². The molecule has 2 aromatic heterocycles. The molecule has 6 nitrogen and oxygen atoms in total. The van der Waals surface area contributed by atoms with Gasteiger partial charge in [-0.2, -0.15) is 0 Å². The molecule has 0 N–H and O–H groups in total. The third kappa shape index (κ3) is 4.66. The third-order valence-corrected chi connectivity index (χ3v) is 7.71. The summed E-state index contributed by atoms with van der Waals surface area (Å²) in [5.74, 6) is 0.235. The number of ether oxygens (including phenoxy) is 1. The van der Waals surface area contributed by atoms with E-state index in [0.29, 0.717) is 28.5 Å². The number of amides is 1. The summed E-state index contributed by atoms with van der Waals surface area (Å²) in [7, 11) is 0. The van der Waals surface area contributed by atoms with Crippen molar-refractivity contribution in [3.05, 3.63) is 77.1 Å². The Kier molecular flexibility index (Phi) is 6.54. The molecule has 1 saturated heterocycles. The minimum absolute atomic E-state index is 0.0113. The van der Waals surface area contributed by atoms with Crippen LogP contribution in [0.25, 0.3) is 26.3 Å². The molecule has 1 amide bonds. The molecule has 0 aliphatic carbocycles. The number of benzene rings is 2. The summed E-state index contributed by atoms with van der Waals surface area (Å²) in [5.41, 5.74) is 1.66. The monoisotopic (exact) mass is 491 g/mol. The largest absolute Gasteiger partial charge is 0.372 e. The molecule has 34 heavy (non-hydrogen) atoms. The Morgan fingerprint density at radius 3 is 2.38 bits per heavy atom. The highest BCUT2D eigenvalue weighted by atomic mass is 32.2.